The van der Waals surface area contributed by atoms with Crippen LogP contribution in [-0.4, -0.2) is 15.5 Å². The third-order valence-electron chi connectivity index (χ3n) is 5.24. The first-order chi connectivity index (χ1) is 13.7. The number of ether oxygens (including phenoxy) is 1. The Balaban J connectivity index is 1.75. The molecule has 0 aromatic heterocycles. The predicted molar refractivity (Wildman–Crippen MR) is 118 cm³/mol. The summed E-state index contributed by atoms with van der Waals surface area (Å²) in [6, 6.07) is 18.6. The van der Waals surface area contributed by atoms with Crippen molar-refractivity contribution in [1.29, 1.82) is 0 Å². The van der Waals surface area contributed by atoms with E-state index in [1.807, 2.05) is 19.9 Å². The van der Waals surface area contributed by atoms with Crippen molar-refractivity contribution in [3.05, 3.63) is 88.5 Å². The molecule has 0 aliphatic rings. The minimum atomic E-state index is -3.62. The Bertz CT molecular complexity index is 1120. The van der Waals surface area contributed by atoms with Crippen LogP contribution in [0.25, 0.3) is 0 Å². The average Bonchev–Trinajstić information content (AvgIpc) is 2.70. The second-order valence-corrected chi connectivity index (χ2v) is 9.40. The van der Waals surface area contributed by atoms with Crippen LogP contribution in [-0.2, 0) is 16.6 Å². The highest BCUT2D eigenvalue weighted by Gasteiger charge is 2.21. The van der Waals surface area contributed by atoms with Gasteiger partial charge in [-0.1, -0.05) is 29.8 Å². The first-order valence-corrected chi connectivity index (χ1v) is 11.0. The fraction of sp³-hybridized carbons (Fsp3) is 0.250. The van der Waals surface area contributed by atoms with E-state index in [1.165, 1.54) is 15.4 Å². The van der Waals surface area contributed by atoms with E-state index in [4.69, 9.17) is 4.74 Å². The maximum Gasteiger partial charge on any atom is 0.264 e. The minimum Gasteiger partial charge on any atom is -0.489 e. The molecule has 3 rings (SSSR count). The van der Waals surface area contributed by atoms with Crippen LogP contribution in [0.1, 0.15) is 27.8 Å². The van der Waals surface area contributed by atoms with E-state index in [2.05, 4.69) is 32.0 Å². The third-order valence-corrected chi connectivity index (χ3v) is 7.02. The Hall–Kier alpha value is -2.79. The Morgan fingerprint density at radius 1 is 0.793 bits per heavy atom. The lowest BCUT2D eigenvalue weighted by Crippen LogP contribution is -2.26. The fourth-order valence-electron chi connectivity index (χ4n) is 3.04. The third kappa shape index (κ3) is 4.62. The lowest BCUT2D eigenvalue weighted by molar-refractivity contribution is 0.305. The number of rotatable bonds is 6. The van der Waals surface area contributed by atoms with E-state index in [0.717, 1.165) is 16.7 Å². The summed E-state index contributed by atoms with van der Waals surface area (Å²) in [5.41, 5.74) is 6.13. The molecule has 0 atom stereocenters. The van der Waals surface area contributed by atoms with Crippen molar-refractivity contribution >= 4 is 15.7 Å². The molecular weight excluding hydrogens is 382 g/mol. The maximum absolute atomic E-state index is 13.0. The molecule has 29 heavy (non-hydrogen) atoms. The highest BCUT2D eigenvalue weighted by Crippen LogP contribution is 2.26. The predicted octanol–water partition coefficient (Wildman–Crippen LogP) is 5.32. The summed E-state index contributed by atoms with van der Waals surface area (Å²) in [4.78, 5) is 0.290. The monoisotopic (exact) mass is 409 g/mol. The topological polar surface area (TPSA) is 46.6 Å². The van der Waals surface area contributed by atoms with Gasteiger partial charge >= 0.3 is 0 Å². The molecule has 5 heteroatoms. The lowest BCUT2D eigenvalue weighted by Gasteiger charge is -2.20. The first kappa shape index (κ1) is 20.9. The standard InChI is InChI=1S/C24H27NO3S/c1-17-6-7-19(3)21(14-17)16-28-23-11-9-22(10-12-23)25(5)29(26,27)24-13-8-18(2)20(4)15-24/h6-15H,16H2,1-5H3. The van der Waals surface area contributed by atoms with E-state index >= 15 is 0 Å². The van der Waals surface area contributed by atoms with Crippen LogP contribution < -0.4 is 9.04 Å². The summed E-state index contributed by atoms with van der Waals surface area (Å²) < 4.78 is 33.1. The van der Waals surface area contributed by atoms with Gasteiger partial charge in [0.1, 0.15) is 12.4 Å². The molecule has 0 spiro atoms. The van der Waals surface area contributed by atoms with Crippen LogP contribution in [0.2, 0.25) is 0 Å². The molecule has 152 valence electrons. The van der Waals surface area contributed by atoms with E-state index in [9.17, 15) is 8.42 Å². The molecule has 0 aliphatic heterocycles. The van der Waals surface area contributed by atoms with Crippen LogP contribution in [0.3, 0.4) is 0 Å². The van der Waals surface area contributed by atoms with Crippen molar-refractivity contribution in [2.45, 2.75) is 39.2 Å². The summed E-state index contributed by atoms with van der Waals surface area (Å²) in [7, 11) is -2.05. The second kappa shape index (κ2) is 8.29. The number of nitrogens with zero attached hydrogens (tertiary/aromatic N) is 1. The van der Waals surface area contributed by atoms with E-state index in [1.54, 1.807) is 43.4 Å². The van der Waals surface area contributed by atoms with Gasteiger partial charge in [0.25, 0.3) is 10.0 Å². The van der Waals surface area contributed by atoms with Crippen LogP contribution in [0.15, 0.2) is 65.6 Å². The Morgan fingerprint density at radius 3 is 2.10 bits per heavy atom. The van der Waals surface area contributed by atoms with Gasteiger partial charge in [-0.05, 0) is 86.3 Å². The number of hydrogen-bond donors (Lipinski definition) is 0. The zero-order valence-corrected chi connectivity index (χ0v) is 18.4. The number of anilines is 1. The molecule has 0 fully saturated rings. The molecule has 0 aliphatic carbocycles. The number of hydrogen-bond acceptors (Lipinski definition) is 3. The molecule has 0 amide bonds. The molecule has 4 nitrogen and oxygen atoms in total. The van der Waals surface area contributed by atoms with Crippen molar-refractivity contribution in [3.63, 3.8) is 0 Å². The number of benzene rings is 3. The summed E-state index contributed by atoms with van der Waals surface area (Å²) in [6.45, 7) is 8.48. The molecule has 0 radical (unpaired) electrons. The zero-order chi connectivity index (χ0) is 21.2. The molecule has 0 bridgehead atoms. The Kier molecular flexibility index (Phi) is 5.99. The number of aryl methyl sites for hydroxylation is 4. The molecule has 0 unspecified atom stereocenters. The van der Waals surface area contributed by atoms with Crippen LogP contribution in [0.4, 0.5) is 5.69 Å². The minimum absolute atomic E-state index is 0.290. The van der Waals surface area contributed by atoms with Gasteiger partial charge in [0.2, 0.25) is 0 Å². The number of sulfonamides is 1. The van der Waals surface area contributed by atoms with Crippen molar-refractivity contribution < 1.29 is 13.2 Å². The van der Waals surface area contributed by atoms with Gasteiger partial charge in [-0.2, -0.15) is 0 Å². The SMILES string of the molecule is Cc1ccc(C)c(COc2ccc(N(C)S(=O)(=O)c3ccc(C)c(C)c3)cc2)c1. The quantitative estimate of drug-likeness (QED) is 0.553. The van der Waals surface area contributed by atoms with Gasteiger partial charge in [-0.3, -0.25) is 4.31 Å². The zero-order valence-electron chi connectivity index (χ0n) is 17.6. The molecule has 3 aromatic carbocycles. The van der Waals surface area contributed by atoms with E-state index in [0.29, 0.717) is 22.9 Å². The van der Waals surface area contributed by atoms with Crippen molar-refractivity contribution in [3.8, 4) is 5.75 Å². The van der Waals surface area contributed by atoms with Gasteiger partial charge in [0.05, 0.1) is 10.6 Å². The molecule has 0 N–H and O–H groups in total. The van der Waals surface area contributed by atoms with Gasteiger partial charge in [-0.25, -0.2) is 8.42 Å². The molecule has 0 heterocycles. The molecule has 0 saturated carbocycles. The average molecular weight is 410 g/mol. The molecular formula is C24H27NO3S. The lowest BCUT2D eigenvalue weighted by atomic mass is 10.1. The van der Waals surface area contributed by atoms with Crippen molar-refractivity contribution in [2.75, 3.05) is 11.4 Å². The van der Waals surface area contributed by atoms with Crippen LogP contribution in [0, 0.1) is 27.7 Å². The first-order valence-electron chi connectivity index (χ1n) is 9.53. The van der Waals surface area contributed by atoms with Gasteiger partial charge in [0.15, 0.2) is 0 Å². The summed E-state index contributed by atoms with van der Waals surface area (Å²) in [5.74, 6) is 0.701. The summed E-state index contributed by atoms with van der Waals surface area (Å²) >= 11 is 0. The van der Waals surface area contributed by atoms with E-state index < -0.39 is 10.0 Å². The largest absolute Gasteiger partial charge is 0.489 e. The van der Waals surface area contributed by atoms with Crippen molar-refractivity contribution in [1.82, 2.24) is 0 Å². The fourth-order valence-corrected chi connectivity index (χ4v) is 4.32. The van der Waals surface area contributed by atoms with E-state index in [-0.39, 0.29) is 0 Å². The van der Waals surface area contributed by atoms with Gasteiger partial charge < -0.3 is 4.74 Å². The maximum atomic E-state index is 13.0. The Morgan fingerprint density at radius 2 is 1.45 bits per heavy atom. The summed E-state index contributed by atoms with van der Waals surface area (Å²) in [6.07, 6.45) is 0. The normalized spacial score (nSPS) is 11.3. The smallest absolute Gasteiger partial charge is 0.264 e. The highest BCUT2D eigenvalue weighted by molar-refractivity contribution is 7.92. The van der Waals surface area contributed by atoms with Crippen LogP contribution in [0.5, 0.6) is 5.75 Å². The summed E-state index contributed by atoms with van der Waals surface area (Å²) in [5, 5.41) is 0. The van der Waals surface area contributed by atoms with Crippen molar-refractivity contribution in [2.24, 2.45) is 0 Å². The van der Waals surface area contributed by atoms with Gasteiger partial charge in [-0.15, -0.1) is 0 Å². The Labute approximate surface area is 173 Å². The van der Waals surface area contributed by atoms with Crippen LogP contribution >= 0.6 is 0 Å². The highest BCUT2D eigenvalue weighted by atomic mass is 32.2. The molecule has 0 saturated heterocycles. The molecule has 3 aromatic rings. The second-order valence-electron chi connectivity index (χ2n) is 7.43. The van der Waals surface area contributed by atoms with Gasteiger partial charge in [0, 0.05) is 7.05 Å².